The van der Waals surface area contributed by atoms with Gasteiger partial charge in [0.25, 0.3) is 0 Å². The molecule has 2 rings (SSSR count). The summed E-state index contributed by atoms with van der Waals surface area (Å²) in [5.74, 6) is -1.72. The minimum atomic E-state index is -0.990. The van der Waals surface area contributed by atoms with Crippen LogP contribution in [0.2, 0.25) is 0 Å². The van der Waals surface area contributed by atoms with Crippen LogP contribution in [-0.2, 0) is 14.4 Å². The lowest BCUT2D eigenvalue weighted by atomic mass is 10.3. The van der Waals surface area contributed by atoms with Gasteiger partial charge in [0.15, 0.2) is 0 Å². The van der Waals surface area contributed by atoms with Gasteiger partial charge in [-0.15, -0.1) is 0 Å². The molecular formula is C15H16BrN3O5. The van der Waals surface area contributed by atoms with E-state index >= 15 is 0 Å². The molecule has 8 nitrogen and oxygen atoms in total. The van der Waals surface area contributed by atoms with Gasteiger partial charge in [0.1, 0.15) is 18.9 Å². The van der Waals surface area contributed by atoms with Gasteiger partial charge in [-0.1, -0.05) is 15.9 Å². The number of imide groups is 2. The number of likely N-dealkylation sites (N-methyl/N-ethyl adjacent to an activating group) is 2. The zero-order valence-electron chi connectivity index (χ0n) is 13.2. The monoisotopic (exact) mass is 397 g/mol. The Bertz CT molecular complexity index is 676. The maximum atomic E-state index is 12.1. The second-order valence-electron chi connectivity index (χ2n) is 5.16. The Morgan fingerprint density at radius 3 is 2.33 bits per heavy atom. The summed E-state index contributed by atoms with van der Waals surface area (Å²) < 4.78 is 6.44. The summed E-state index contributed by atoms with van der Waals surface area (Å²) in [6.07, 6.45) is 0. The molecule has 1 aliphatic rings. The average molecular weight is 398 g/mol. The van der Waals surface area contributed by atoms with E-state index in [0.29, 0.717) is 15.5 Å². The van der Waals surface area contributed by atoms with Crippen LogP contribution in [-0.4, -0.2) is 72.2 Å². The van der Waals surface area contributed by atoms with Gasteiger partial charge in [-0.3, -0.25) is 19.3 Å². The SMILES string of the molecule is CN(CCOc1ccc(Br)cc1)C(=O)CN1C(=O)C(=O)N(C)C1=O. The van der Waals surface area contributed by atoms with Crippen LogP contribution in [0.25, 0.3) is 0 Å². The van der Waals surface area contributed by atoms with Crippen LogP contribution in [0, 0.1) is 0 Å². The molecule has 5 amide bonds. The highest BCUT2D eigenvalue weighted by molar-refractivity contribution is 9.10. The minimum Gasteiger partial charge on any atom is -0.492 e. The number of halogens is 1. The predicted molar refractivity (Wildman–Crippen MR) is 87.2 cm³/mol. The average Bonchev–Trinajstić information content (AvgIpc) is 2.74. The fraction of sp³-hybridized carbons (Fsp3) is 0.333. The topological polar surface area (TPSA) is 87.2 Å². The van der Waals surface area contributed by atoms with Crippen LogP contribution in [0.1, 0.15) is 0 Å². The number of hydrogen-bond donors (Lipinski definition) is 0. The first-order valence-electron chi connectivity index (χ1n) is 7.07. The first-order valence-corrected chi connectivity index (χ1v) is 7.86. The number of carbonyl (C=O) groups is 4. The summed E-state index contributed by atoms with van der Waals surface area (Å²) in [4.78, 5) is 49.5. The fourth-order valence-electron chi connectivity index (χ4n) is 1.97. The van der Waals surface area contributed by atoms with Crippen LogP contribution in [0.5, 0.6) is 5.75 Å². The van der Waals surface area contributed by atoms with E-state index in [-0.39, 0.29) is 13.2 Å². The van der Waals surface area contributed by atoms with Crippen molar-refractivity contribution in [3.8, 4) is 5.75 Å². The summed E-state index contributed by atoms with van der Waals surface area (Å²) in [5.41, 5.74) is 0. The summed E-state index contributed by atoms with van der Waals surface area (Å²) in [7, 11) is 2.73. The Kier molecular flexibility index (Phi) is 5.55. The second kappa shape index (κ2) is 7.43. The number of nitrogens with zero attached hydrogens (tertiary/aromatic N) is 3. The second-order valence-corrected chi connectivity index (χ2v) is 6.07. The molecule has 24 heavy (non-hydrogen) atoms. The highest BCUT2D eigenvalue weighted by Crippen LogP contribution is 2.16. The fourth-order valence-corrected chi connectivity index (χ4v) is 2.23. The molecule has 0 bridgehead atoms. The molecule has 1 saturated heterocycles. The molecule has 0 saturated carbocycles. The Morgan fingerprint density at radius 1 is 1.17 bits per heavy atom. The standard InChI is InChI=1S/C15H16BrN3O5/c1-17(7-8-24-11-5-3-10(16)4-6-11)12(20)9-19-14(22)13(21)18(2)15(19)23/h3-6H,7-9H2,1-2H3. The molecule has 0 radical (unpaired) electrons. The highest BCUT2D eigenvalue weighted by Gasteiger charge is 2.43. The Hall–Kier alpha value is -2.42. The van der Waals surface area contributed by atoms with E-state index in [2.05, 4.69) is 15.9 Å². The molecule has 1 aromatic carbocycles. The molecule has 0 atom stereocenters. The normalized spacial score (nSPS) is 14.4. The van der Waals surface area contributed by atoms with E-state index in [9.17, 15) is 19.2 Å². The summed E-state index contributed by atoms with van der Waals surface area (Å²) in [5, 5.41) is 0. The third-order valence-electron chi connectivity index (χ3n) is 3.48. The minimum absolute atomic E-state index is 0.255. The van der Waals surface area contributed by atoms with E-state index in [4.69, 9.17) is 4.74 Å². The molecule has 128 valence electrons. The van der Waals surface area contributed by atoms with Gasteiger partial charge < -0.3 is 9.64 Å². The predicted octanol–water partition coefficient (Wildman–Crippen LogP) is 0.707. The highest BCUT2D eigenvalue weighted by atomic mass is 79.9. The molecular weight excluding hydrogens is 382 g/mol. The van der Waals surface area contributed by atoms with E-state index in [1.807, 2.05) is 12.1 Å². The molecule has 0 unspecified atom stereocenters. The van der Waals surface area contributed by atoms with Crippen molar-refractivity contribution < 1.29 is 23.9 Å². The Morgan fingerprint density at radius 2 is 1.79 bits per heavy atom. The summed E-state index contributed by atoms with van der Waals surface area (Å²) >= 11 is 3.32. The number of carbonyl (C=O) groups excluding carboxylic acids is 4. The van der Waals surface area contributed by atoms with Crippen LogP contribution < -0.4 is 4.74 Å². The van der Waals surface area contributed by atoms with E-state index in [1.165, 1.54) is 19.0 Å². The van der Waals surface area contributed by atoms with Gasteiger partial charge in [-0.05, 0) is 24.3 Å². The van der Waals surface area contributed by atoms with E-state index in [1.54, 1.807) is 12.1 Å². The van der Waals surface area contributed by atoms with Gasteiger partial charge in [-0.2, -0.15) is 0 Å². The molecule has 1 fully saturated rings. The van der Waals surface area contributed by atoms with Crippen LogP contribution >= 0.6 is 15.9 Å². The number of benzene rings is 1. The lowest BCUT2D eigenvalue weighted by Crippen LogP contribution is -2.42. The number of amides is 5. The van der Waals surface area contributed by atoms with Crippen molar-refractivity contribution in [3.05, 3.63) is 28.7 Å². The zero-order chi connectivity index (χ0) is 17.9. The van der Waals surface area contributed by atoms with E-state index < -0.39 is 30.3 Å². The molecule has 1 aliphatic heterocycles. The quantitative estimate of drug-likeness (QED) is 0.520. The Labute approximate surface area is 147 Å². The lowest BCUT2D eigenvalue weighted by Gasteiger charge is -2.20. The molecule has 0 aromatic heterocycles. The van der Waals surface area contributed by atoms with Gasteiger partial charge in [-0.25, -0.2) is 9.69 Å². The van der Waals surface area contributed by atoms with Crippen LogP contribution in [0.15, 0.2) is 28.7 Å². The summed E-state index contributed by atoms with van der Waals surface area (Å²) in [6, 6.07) is 6.45. The maximum Gasteiger partial charge on any atom is 0.334 e. The largest absolute Gasteiger partial charge is 0.492 e. The smallest absolute Gasteiger partial charge is 0.334 e. The van der Waals surface area contributed by atoms with E-state index in [0.717, 1.165) is 4.47 Å². The van der Waals surface area contributed by atoms with Crippen molar-refractivity contribution in [2.24, 2.45) is 0 Å². The lowest BCUT2D eigenvalue weighted by molar-refractivity contribution is -0.144. The molecule has 1 aromatic rings. The first-order chi connectivity index (χ1) is 11.3. The van der Waals surface area contributed by atoms with Gasteiger partial charge in [0.05, 0.1) is 6.54 Å². The van der Waals surface area contributed by atoms with Gasteiger partial charge >= 0.3 is 17.8 Å². The molecule has 0 spiro atoms. The van der Waals surface area contributed by atoms with Crippen molar-refractivity contribution >= 4 is 39.7 Å². The Balaban J connectivity index is 1.82. The van der Waals surface area contributed by atoms with Crippen molar-refractivity contribution in [2.45, 2.75) is 0 Å². The third-order valence-corrected chi connectivity index (χ3v) is 4.01. The number of rotatable bonds is 6. The number of ether oxygens (including phenoxy) is 1. The molecule has 0 N–H and O–H groups in total. The van der Waals surface area contributed by atoms with Crippen LogP contribution in [0.3, 0.4) is 0 Å². The van der Waals surface area contributed by atoms with Gasteiger partial charge in [0.2, 0.25) is 5.91 Å². The zero-order valence-corrected chi connectivity index (χ0v) is 14.8. The maximum absolute atomic E-state index is 12.1. The van der Waals surface area contributed by atoms with Crippen LogP contribution in [0.4, 0.5) is 4.79 Å². The van der Waals surface area contributed by atoms with Crippen molar-refractivity contribution in [3.63, 3.8) is 0 Å². The first kappa shape index (κ1) is 17.9. The summed E-state index contributed by atoms with van der Waals surface area (Å²) in [6.45, 7) is 0.0576. The van der Waals surface area contributed by atoms with Gasteiger partial charge in [0, 0.05) is 18.6 Å². The molecule has 1 heterocycles. The number of hydrogen-bond acceptors (Lipinski definition) is 5. The molecule has 9 heteroatoms. The third kappa shape index (κ3) is 3.91. The number of urea groups is 1. The van der Waals surface area contributed by atoms with Crippen molar-refractivity contribution in [1.82, 2.24) is 14.7 Å². The molecule has 0 aliphatic carbocycles. The van der Waals surface area contributed by atoms with Crippen molar-refractivity contribution in [2.75, 3.05) is 33.8 Å². The van der Waals surface area contributed by atoms with Crippen molar-refractivity contribution in [1.29, 1.82) is 0 Å².